The number of carboxylic acids is 1. The molecule has 2 aliphatic carbocycles. The summed E-state index contributed by atoms with van der Waals surface area (Å²) in [5.74, 6) is -2.16. The van der Waals surface area contributed by atoms with Gasteiger partial charge in [0.15, 0.2) is 0 Å². The van der Waals surface area contributed by atoms with E-state index in [9.17, 15) is 9.18 Å². The summed E-state index contributed by atoms with van der Waals surface area (Å²) >= 11 is 0. The minimum absolute atomic E-state index is 0.0881. The second-order valence-corrected chi connectivity index (χ2v) is 3.66. The molecule has 0 aromatic rings. The van der Waals surface area contributed by atoms with Crippen LogP contribution in [0, 0.1) is 11.8 Å². The van der Waals surface area contributed by atoms with E-state index in [1.807, 2.05) is 0 Å². The Morgan fingerprint density at radius 2 is 2.15 bits per heavy atom. The lowest BCUT2D eigenvalue weighted by atomic mass is 9.82. The number of rotatable bonds is 2. The molecule has 1 fully saturated rings. The van der Waals surface area contributed by atoms with Crippen molar-refractivity contribution in [2.24, 2.45) is 11.8 Å². The second-order valence-electron chi connectivity index (χ2n) is 3.66. The first-order chi connectivity index (χ1) is 6.14. The molecule has 2 nitrogen and oxygen atoms in total. The Hall–Kier alpha value is -1.12. The van der Waals surface area contributed by atoms with Gasteiger partial charge in [0.05, 0.1) is 0 Å². The molecule has 2 aliphatic rings. The van der Waals surface area contributed by atoms with E-state index in [4.69, 9.17) is 5.11 Å². The number of carboxylic acid groups (broad SMARTS) is 1. The molecule has 0 aliphatic heterocycles. The van der Waals surface area contributed by atoms with Gasteiger partial charge in [0.1, 0.15) is 11.6 Å². The molecule has 1 N–H and O–H groups in total. The van der Waals surface area contributed by atoms with Crippen LogP contribution in [0.4, 0.5) is 4.39 Å². The van der Waals surface area contributed by atoms with Gasteiger partial charge in [-0.25, -0.2) is 4.39 Å². The van der Waals surface area contributed by atoms with Crippen molar-refractivity contribution in [3.63, 3.8) is 0 Å². The minimum atomic E-state index is -1.64. The van der Waals surface area contributed by atoms with Gasteiger partial charge in [-0.15, -0.1) is 0 Å². The Morgan fingerprint density at radius 1 is 1.46 bits per heavy atom. The highest BCUT2D eigenvalue weighted by Gasteiger charge is 2.52. The number of alkyl halides is 1. The SMILES string of the molecule is O=C(O)C1C=CC=CC1(F)C1CC1. The molecular weight excluding hydrogens is 171 g/mol. The molecule has 70 valence electrons. The van der Waals surface area contributed by atoms with Gasteiger partial charge in [-0.3, -0.25) is 4.79 Å². The Balaban J connectivity index is 2.28. The molecule has 0 bridgehead atoms. The van der Waals surface area contributed by atoms with E-state index < -0.39 is 17.6 Å². The van der Waals surface area contributed by atoms with Gasteiger partial charge in [0.2, 0.25) is 0 Å². The molecule has 0 saturated heterocycles. The normalized spacial score (nSPS) is 37.8. The van der Waals surface area contributed by atoms with Gasteiger partial charge in [0, 0.05) is 0 Å². The molecule has 0 aromatic heterocycles. The van der Waals surface area contributed by atoms with Crippen LogP contribution in [0.2, 0.25) is 0 Å². The van der Waals surface area contributed by atoms with Crippen LogP contribution in [0.25, 0.3) is 0 Å². The number of hydrogen-bond donors (Lipinski definition) is 1. The standard InChI is InChI=1S/C10H11FO2/c11-10(7-4-5-7)6-2-1-3-8(10)9(12)13/h1-3,6-8H,4-5H2,(H,12,13). The largest absolute Gasteiger partial charge is 0.481 e. The van der Waals surface area contributed by atoms with Crippen LogP contribution in [0.3, 0.4) is 0 Å². The molecule has 2 atom stereocenters. The van der Waals surface area contributed by atoms with Gasteiger partial charge < -0.3 is 5.11 Å². The highest BCUT2D eigenvalue weighted by atomic mass is 19.1. The van der Waals surface area contributed by atoms with Crippen LogP contribution >= 0.6 is 0 Å². The predicted octanol–water partition coefficient (Wildman–Crippen LogP) is 1.93. The van der Waals surface area contributed by atoms with Crippen LogP contribution in [0.5, 0.6) is 0 Å². The molecule has 0 amide bonds. The number of carbonyl (C=O) groups is 1. The van der Waals surface area contributed by atoms with Crippen molar-refractivity contribution < 1.29 is 14.3 Å². The van der Waals surface area contributed by atoms with E-state index in [1.54, 1.807) is 12.2 Å². The summed E-state index contributed by atoms with van der Waals surface area (Å²) in [5, 5.41) is 8.83. The number of aliphatic carboxylic acids is 1. The lowest BCUT2D eigenvalue weighted by Gasteiger charge is -2.28. The summed E-state index contributed by atoms with van der Waals surface area (Å²) in [4.78, 5) is 10.8. The molecule has 3 heteroatoms. The fourth-order valence-electron chi connectivity index (χ4n) is 1.82. The first-order valence-corrected chi connectivity index (χ1v) is 4.42. The Morgan fingerprint density at radius 3 is 2.69 bits per heavy atom. The lowest BCUT2D eigenvalue weighted by Crippen LogP contribution is -2.38. The molecule has 0 spiro atoms. The van der Waals surface area contributed by atoms with Crippen molar-refractivity contribution in [3.05, 3.63) is 24.3 Å². The highest BCUT2D eigenvalue weighted by Crippen LogP contribution is 2.48. The van der Waals surface area contributed by atoms with Crippen LogP contribution in [0.1, 0.15) is 12.8 Å². The van der Waals surface area contributed by atoms with E-state index >= 15 is 0 Å². The molecule has 2 rings (SSSR count). The molecule has 0 radical (unpaired) electrons. The molecule has 0 aromatic carbocycles. The van der Waals surface area contributed by atoms with Crippen molar-refractivity contribution >= 4 is 5.97 Å². The van der Waals surface area contributed by atoms with E-state index in [2.05, 4.69) is 0 Å². The van der Waals surface area contributed by atoms with Crippen LogP contribution in [0.15, 0.2) is 24.3 Å². The van der Waals surface area contributed by atoms with Crippen molar-refractivity contribution in [1.29, 1.82) is 0 Å². The zero-order chi connectivity index (χ0) is 9.47. The maximum Gasteiger partial charge on any atom is 0.314 e. The van der Waals surface area contributed by atoms with Crippen molar-refractivity contribution in [1.82, 2.24) is 0 Å². The summed E-state index contributed by atoms with van der Waals surface area (Å²) in [5.41, 5.74) is -1.64. The third kappa shape index (κ3) is 1.28. The second kappa shape index (κ2) is 2.69. The Labute approximate surface area is 75.8 Å². The van der Waals surface area contributed by atoms with Gasteiger partial charge in [-0.2, -0.15) is 0 Å². The van der Waals surface area contributed by atoms with Crippen LogP contribution in [-0.2, 0) is 4.79 Å². The Bertz CT molecular complexity index is 291. The Kier molecular flexibility index (Phi) is 1.75. The maximum atomic E-state index is 14.2. The molecular formula is C10H11FO2. The quantitative estimate of drug-likeness (QED) is 0.708. The van der Waals surface area contributed by atoms with Crippen molar-refractivity contribution in [3.8, 4) is 0 Å². The average Bonchev–Trinajstić information content (AvgIpc) is 2.86. The van der Waals surface area contributed by atoms with E-state index in [1.165, 1.54) is 12.2 Å². The van der Waals surface area contributed by atoms with Gasteiger partial charge in [-0.05, 0) is 24.8 Å². The topological polar surface area (TPSA) is 37.3 Å². The van der Waals surface area contributed by atoms with E-state index in [-0.39, 0.29) is 5.92 Å². The smallest absolute Gasteiger partial charge is 0.314 e. The zero-order valence-electron chi connectivity index (χ0n) is 7.11. The van der Waals surface area contributed by atoms with E-state index in [0.29, 0.717) is 0 Å². The van der Waals surface area contributed by atoms with Gasteiger partial charge >= 0.3 is 5.97 Å². The number of halogens is 1. The third-order valence-corrected chi connectivity index (χ3v) is 2.71. The molecule has 2 unspecified atom stereocenters. The maximum absolute atomic E-state index is 14.2. The first-order valence-electron chi connectivity index (χ1n) is 4.42. The highest BCUT2D eigenvalue weighted by molar-refractivity contribution is 5.75. The van der Waals surface area contributed by atoms with Gasteiger partial charge in [0.25, 0.3) is 0 Å². The summed E-state index contributed by atoms with van der Waals surface area (Å²) in [7, 11) is 0. The average molecular weight is 182 g/mol. The van der Waals surface area contributed by atoms with Crippen molar-refractivity contribution in [2.45, 2.75) is 18.5 Å². The fraction of sp³-hybridized carbons (Fsp3) is 0.500. The van der Waals surface area contributed by atoms with Crippen LogP contribution in [-0.4, -0.2) is 16.7 Å². The monoisotopic (exact) mass is 182 g/mol. The summed E-state index contributed by atoms with van der Waals surface area (Å²) in [6.07, 6.45) is 7.62. The summed E-state index contributed by atoms with van der Waals surface area (Å²) in [6, 6.07) is 0. The zero-order valence-corrected chi connectivity index (χ0v) is 7.11. The van der Waals surface area contributed by atoms with Crippen LogP contribution < -0.4 is 0 Å². The molecule has 13 heavy (non-hydrogen) atoms. The lowest BCUT2D eigenvalue weighted by molar-refractivity contribution is -0.144. The number of allylic oxidation sites excluding steroid dienone is 3. The number of hydrogen-bond acceptors (Lipinski definition) is 1. The fourth-order valence-corrected chi connectivity index (χ4v) is 1.82. The molecule has 0 heterocycles. The third-order valence-electron chi connectivity index (χ3n) is 2.71. The summed E-state index contributed by atoms with van der Waals surface area (Å²) in [6.45, 7) is 0. The van der Waals surface area contributed by atoms with Gasteiger partial charge in [-0.1, -0.05) is 18.2 Å². The first kappa shape index (κ1) is 8.48. The summed E-state index contributed by atoms with van der Waals surface area (Å²) < 4.78 is 14.2. The van der Waals surface area contributed by atoms with Crippen molar-refractivity contribution in [2.75, 3.05) is 0 Å². The predicted molar refractivity (Wildman–Crippen MR) is 46.0 cm³/mol. The minimum Gasteiger partial charge on any atom is -0.481 e. The van der Waals surface area contributed by atoms with E-state index in [0.717, 1.165) is 12.8 Å². The molecule has 1 saturated carbocycles.